The predicted molar refractivity (Wildman–Crippen MR) is 136 cm³/mol. The lowest BCUT2D eigenvalue weighted by atomic mass is 10.1. The Kier molecular flexibility index (Phi) is 10.8. The van der Waals surface area contributed by atoms with E-state index in [0.717, 1.165) is 36.6 Å². The molecule has 0 saturated heterocycles. The molecule has 0 atom stereocenters. The second kappa shape index (κ2) is 13.6. The van der Waals surface area contributed by atoms with Gasteiger partial charge in [-0.05, 0) is 43.5 Å². The van der Waals surface area contributed by atoms with E-state index in [2.05, 4.69) is 33.2 Å². The summed E-state index contributed by atoms with van der Waals surface area (Å²) in [5.74, 6) is 0.943. The van der Waals surface area contributed by atoms with Crippen LogP contribution in [0.4, 0.5) is 0 Å². The fourth-order valence-electron chi connectivity index (χ4n) is 3.12. The van der Waals surface area contributed by atoms with E-state index in [1.807, 2.05) is 42.9 Å². The number of rotatable bonds is 10. The van der Waals surface area contributed by atoms with Crippen LogP contribution in [0.3, 0.4) is 0 Å². The smallest absolute Gasteiger partial charge is 0.287 e. The molecule has 0 fully saturated rings. The quantitative estimate of drug-likeness (QED) is 0.156. The molecule has 2 heterocycles. The zero-order valence-corrected chi connectivity index (χ0v) is 20.8. The molecule has 8 nitrogen and oxygen atoms in total. The topological polar surface area (TPSA) is 96.5 Å². The standard InChI is InChI=1S/C23H30N6O2.HI/c1-3-24-23(26-12-6-11-25-22(30)21-18(2)10-15-31-21)27-16-19-8-4-5-9-20(19)17-29-14-7-13-28-29;/h4-5,7-10,13-15H,3,6,11-12,16-17H2,1-2H3,(H,25,30)(H2,24,26,27);1H. The second-order valence-corrected chi connectivity index (χ2v) is 7.14. The molecule has 3 aromatic rings. The van der Waals surface area contributed by atoms with Crippen molar-refractivity contribution in [3.8, 4) is 0 Å². The first-order valence-electron chi connectivity index (χ1n) is 10.6. The van der Waals surface area contributed by atoms with Crippen molar-refractivity contribution in [2.24, 2.45) is 4.99 Å². The third-order valence-electron chi connectivity index (χ3n) is 4.76. The van der Waals surface area contributed by atoms with Gasteiger partial charge in [0.15, 0.2) is 11.7 Å². The van der Waals surface area contributed by atoms with Crippen molar-refractivity contribution in [3.63, 3.8) is 0 Å². The Morgan fingerprint density at radius 2 is 1.88 bits per heavy atom. The molecule has 1 amide bonds. The fourth-order valence-corrected chi connectivity index (χ4v) is 3.12. The van der Waals surface area contributed by atoms with Crippen molar-refractivity contribution in [2.75, 3.05) is 19.6 Å². The lowest BCUT2D eigenvalue weighted by Gasteiger charge is -2.13. The van der Waals surface area contributed by atoms with Crippen molar-refractivity contribution in [1.29, 1.82) is 0 Å². The lowest BCUT2D eigenvalue weighted by Crippen LogP contribution is -2.38. The van der Waals surface area contributed by atoms with Gasteiger partial charge in [-0.25, -0.2) is 4.99 Å². The third-order valence-corrected chi connectivity index (χ3v) is 4.76. The first kappa shape index (κ1) is 25.4. The molecule has 0 radical (unpaired) electrons. The van der Waals surface area contributed by atoms with Crippen molar-refractivity contribution in [2.45, 2.75) is 33.4 Å². The molecule has 1 aromatic carbocycles. The molecule has 0 bridgehead atoms. The number of benzene rings is 1. The number of aliphatic imine (C=N–C) groups is 1. The summed E-state index contributed by atoms with van der Waals surface area (Å²) in [5.41, 5.74) is 3.20. The molecule has 0 saturated carbocycles. The Labute approximate surface area is 205 Å². The maximum absolute atomic E-state index is 12.1. The number of nitrogens with zero attached hydrogens (tertiary/aromatic N) is 3. The number of halogens is 1. The Balaban J connectivity index is 0.00000363. The van der Waals surface area contributed by atoms with E-state index in [1.54, 1.807) is 12.3 Å². The van der Waals surface area contributed by atoms with Crippen molar-refractivity contribution in [1.82, 2.24) is 25.7 Å². The van der Waals surface area contributed by atoms with Gasteiger partial charge in [0.25, 0.3) is 5.91 Å². The van der Waals surface area contributed by atoms with Gasteiger partial charge in [0.2, 0.25) is 0 Å². The van der Waals surface area contributed by atoms with Crippen molar-refractivity contribution < 1.29 is 9.21 Å². The number of aromatic nitrogens is 2. The largest absolute Gasteiger partial charge is 0.459 e. The first-order valence-corrected chi connectivity index (χ1v) is 10.6. The van der Waals surface area contributed by atoms with Gasteiger partial charge in [0.1, 0.15) is 0 Å². The highest BCUT2D eigenvalue weighted by molar-refractivity contribution is 14.0. The summed E-state index contributed by atoms with van der Waals surface area (Å²) in [6.45, 7) is 7.20. The second-order valence-electron chi connectivity index (χ2n) is 7.14. The Morgan fingerprint density at radius 1 is 1.09 bits per heavy atom. The number of guanidine groups is 1. The molecule has 0 aliphatic carbocycles. The molecule has 0 aliphatic heterocycles. The molecule has 0 unspecified atom stereocenters. The molecular formula is C23H31IN6O2. The number of amides is 1. The highest BCUT2D eigenvalue weighted by Crippen LogP contribution is 2.12. The number of carbonyl (C=O) groups is 1. The van der Waals surface area contributed by atoms with E-state index >= 15 is 0 Å². The maximum atomic E-state index is 12.1. The molecule has 0 aliphatic rings. The number of hydrogen-bond acceptors (Lipinski definition) is 4. The monoisotopic (exact) mass is 550 g/mol. The average Bonchev–Trinajstić information content (AvgIpc) is 3.44. The number of carbonyl (C=O) groups excluding carboxylic acids is 1. The number of hydrogen-bond donors (Lipinski definition) is 3. The van der Waals surface area contributed by atoms with Crippen LogP contribution < -0.4 is 16.0 Å². The van der Waals surface area contributed by atoms with Gasteiger partial charge in [-0.3, -0.25) is 9.48 Å². The summed E-state index contributed by atoms with van der Waals surface area (Å²) in [7, 11) is 0. The van der Waals surface area contributed by atoms with Crippen molar-refractivity contribution >= 4 is 35.8 Å². The van der Waals surface area contributed by atoms with Crippen LogP contribution in [0.15, 0.2) is 64.5 Å². The van der Waals surface area contributed by atoms with E-state index in [9.17, 15) is 4.79 Å². The van der Waals surface area contributed by atoms with Crippen LogP contribution in [0.1, 0.15) is 40.6 Å². The zero-order valence-electron chi connectivity index (χ0n) is 18.5. The van der Waals surface area contributed by atoms with Crippen LogP contribution in [0, 0.1) is 6.92 Å². The predicted octanol–water partition coefficient (Wildman–Crippen LogP) is 3.33. The van der Waals surface area contributed by atoms with E-state index in [1.165, 1.54) is 11.8 Å². The summed E-state index contributed by atoms with van der Waals surface area (Å²) in [4.78, 5) is 16.8. The normalized spacial score (nSPS) is 11.0. The number of furan rings is 1. The number of nitrogens with one attached hydrogen (secondary N) is 3. The van der Waals surface area contributed by atoms with Crippen LogP contribution in [0.2, 0.25) is 0 Å². The van der Waals surface area contributed by atoms with Gasteiger partial charge >= 0.3 is 0 Å². The maximum Gasteiger partial charge on any atom is 0.287 e. The highest BCUT2D eigenvalue weighted by Gasteiger charge is 2.11. The van der Waals surface area contributed by atoms with Gasteiger partial charge in [0, 0.05) is 37.6 Å². The SMILES string of the molecule is CCNC(=NCc1ccccc1Cn1cccn1)NCCCNC(=O)c1occc1C.I. The third kappa shape index (κ3) is 7.70. The summed E-state index contributed by atoms with van der Waals surface area (Å²) in [6.07, 6.45) is 6.04. The number of aryl methyl sites for hydroxylation is 1. The minimum absolute atomic E-state index is 0. The highest BCUT2D eigenvalue weighted by atomic mass is 127. The molecule has 2 aromatic heterocycles. The van der Waals surface area contributed by atoms with Gasteiger partial charge in [-0.2, -0.15) is 5.10 Å². The van der Waals surface area contributed by atoms with Crippen LogP contribution in [0.5, 0.6) is 0 Å². The summed E-state index contributed by atoms with van der Waals surface area (Å²) in [6, 6.07) is 12.0. The van der Waals surface area contributed by atoms with Crippen LogP contribution in [-0.2, 0) is 13.1 Å². The van der Waals surface area contributed by atoms with Crippen LogP contribution >= 0.6 is 24.0 Å². The molecule has 32 heavy (non-hydrogen) atoms. The van der Waals surface area contributed by atoms with Gasteiger partial charge in [-0.15, -0.1) is 24.0 Å². The van der Waals surface area contributed by atoms with Gasteiger partial charge < -0.3 is 20.4 Å². The molecule has 9 heteroatoms. The summed E-state index contributed by atoms with van der Waals surface area (Å²) < 4.78 is 7.11. The summed E-state index contributed by atoms with van der Waals surface area (Å²) >= 11 is 0. The Morgan fingerprint density at radius 3 is 2.56 bits per heavy atom. The zero-order chi connectivity index (χ0) is 21.9. The average molecular weight is 550 g/mol. The van der Waals surface area contributed by atoms with Crippen LogP contribution in [0.25, 0.3) is 0 Å². The van der Waals surface area contributed by atoms with E-state index in [-0.39, 0.29) is 29.9 Å². The van der Waals surface area contributed by atoms with E-state index in [0.29, 0.717) is 25.4 Å². The van der Waals surface area contributed by atoms with E-state index in [4.69, 9.17) is 9.41 Å². The van der Waals surface area contributed by atoms with Gasteiger partial charge in [0.05, 0.1) is 19.4 Å². The van der Waals surface area contributed by atoms with Gasteiger partial charge in [-0.1, -0.05) is 24.3 Å². The van der Waals surface area contributed by atoms with Crippen molar-refractivity contribution in [3.05, 3.63) is 77.5 Å². The van der Waals surface area contributed by atoms with Crippen LogP contribution in [-0.4, -0.2) is 41.3 Å². The molecule has 3 rings (SSSR count). The Bertz CT molecular complexity index is 984. The Hall–Kier alpha value is -2.82. The summed E-state index contributed by atoms with van der Waals surface area (Å²) in [5, 5.41) is 13.8. The molecule has 3 N–H and O–H groups in total. The first-order chi connectivity index (χ1) is 15.2. The van der Waals surface area contributed by atoms with E-state index < -0.39 is 0 Å². The lowest BCUT2D eigenvalue weighted by molar-refractivity contribution is 0.0925. The molecular weight excluding hydrogens is 519 g/mol. The fraction of sp³-hybridized carbons (Fsp3) is 0.348. The minimum Gasteiger partial charge on any atom is -0.459 e. The minimum atomic E-state index is -0.183. The molecule has 172 valence electrons. The molecule has 0 spiro atoms.